The van der Waals surface area contributed by atoms with Crippen LogP contribution in [0.4, 0.5) is 31.1 Å². The van der Waals surface area contributed by atoms with Crippen LogP contribution in [0, 0.1) is 11.3 Å². The number of likely N-dealkylation sites (tertiary alicyclic amines) is 1. The maximum atomic E-state index is 13.1. The van der Waals surface area contributed by atoms with Crippen LogP contribution in [0.2, 0.25) is 0 Å². The van der Waals surface area contributed by atoms with E-state index < -0.39 is 46.9 Å². The lowest BCUT2D eigenvalue weighted by Crippen LogP contribution is -2.56. The minimum atomic E-state index is -5.01. The molecule has 0 bridgehead atoms. The van der Waals surface area contributed by atoms with E-state index in [2.05, 4.69) is 15.4 Å². The molecular weight excluding hydrogens is 520 g/mol. The van der Waals surface area contributed by atoms with E-state index >= 15 is 0 Å². The molecule has 2 atom stereocenters. The lowest BCUT2D eigenvalue weighted by molar-refractivity contribution is -0.143. The molecule has 38 heavy (non-hydrogen) atoms. The van der Waals surface area contributed by atoms with Crippen LogP contribution < -0.4 is 5.32 Å². The van der Waals surface area contributed by atoms with Gasteiger partial charge < -0.3 is 15.3 Å². The standard InChI is InChI=1S/C24H27F6N5O3/c1-22(2,3)19-14(5-4-7-35(19)21(37)38)12-31-18(36)6-8-34-13-32-20(33-34)15-9-16(23(25,26)27)11-17(10-15)24(28,29)30/h6,8-11,13-14,19H,4-5,7,12H2,1-3H3,(H,31,36)(H,37,38). The Bertz CT molecular complexity index is 1170. The summed E-state index contributed by atoms with van der Waals surface area (Å²) >= 11 is 0. The number of amides is 2. The van der Waals surface area contributed by atoms with Gasteiger partial charge in [0.2, 0.25) is 5.91 Å². The molecule has 14 heteroatoms. The van der Waals surface area contributed by atoms with Gasteiger partial charge >= 0.3 is 18.4 Å². The van der Waals surface area contributed by atoms with Gasteiger partial charge in [-0.3, -0.25) is 4.79 Å². The number of piperidine rings is 1. The molecule has 3 rings (SSSR count). The Morgan fingerprint density at radius 2 is 1.68 bits per heavy atom. The van der Waals surface area contributed by atoms with Gasteiger partial charge in [-0.2, -0.15) is 26.3 Å². The molecule has 1 aromatic heterocycles. The third-order valence-electron chi connectivity index (χ3n) is 6.16. The molecule has 1 aliphatic rings. The van der Waals surface area contributed by atoms with Gasteiger partial charge in [0, 0.05) is 37.0 Å². The van der Waals surface area contributed by atoms with E-state index in [1.54, 1.807) is 0 Å². The van der Waals surface area contributed by atoms with Crippen molar-refractivity contribution in [1.29, 1.82) is 0 Å². The van der Waals surface area contributed by atoms with Crippen LogP contribution in [-0.4, -0.2) is 55.9 Å². The summed E-state index contributed by atoms with van der Waals surface area (Å²) in [5, 5.41) is 16.1. The number of aromatic nitrogens is 3. The van der Waals surface area contributed by atoms with Crippen LogP contribution >= 0.6 is 0 Å². The molecule has 2 amide bonds. The van der Waals surface area contributed by atoms with Crippen molar-refractivity contribution in [2.75, 3.05) is 13.1 Å². The monoisotopic (exact) mass is 547 g/mol. The average molecular weight is 548 g/mol. The first-order valence-electron chi connectivity index (χ1n) is 11.6. The summed E-state index contributed by atoms with van der Waals surface area (Å²) < 4.78 is 79.7. The normalized spacial score (nSPS) is 19.1. The Balaban J connectivity index is 1.72. The number of carbonyl (C=O) groups is 2. The molecule has 0 saturated carbocycles. The van der Waals surface area contributed by atoms with Crippen molar-refractivity contribution in [3.8, 4) is 11.4 Å². The predicted octanol–water partition coefficient (Wildman–Crippen LogP) is 5.37. The zero-order valence-electron chi connectivity index (χ0n) is 20.8. The highest BCUT2D eigenvalue weighted by Gasteiger charge is 2.41. The minimum absolute atomic E-state index is 0.0109. The molecule has 1 aliphatic heterocycles. The molecule has 2 N–H and O–H groups in total. The maximum Gasteiger partial charge on any atom is 0.416 e. The van der Waals surface area contributed by atoms with Crippen LogP contribution in [0.5, 0.6) is 0 Å². The first-order valence-corrected chi connectivity index (χ1v) is 11.6. The number of rotatable bonds is 5. The second-order valence-electron chi connectivity index (χ2n) is 10.1. The van der Waals surface area contributed by atoms with Crippen molar-refractivity contribution in [3.05, 3.63) is 41.7 Å². The summed E-state index contributed by atoms with van der Waals surface area (Å²) in [6.45, 7) is 6.41. The van der Waals surface area contributed by atoms with Crippen LogP contribution in [0.25, 0.3) is 17.6 Å². The van der Waals surface area contributed by atoms with Crippen LogP contribution in [0.3, 0.4) is 0 Å². The van der Waals surface area contributed by atoms with Gasteiger partial charge in [-0.25, -0.2) is 14.5 Å². The van der Waals surface area contributed by atoms with Gasteiger partial charge in [-0.05, 0) is 42.4 Å². The number of halogens is 6. The van der Waals surface area contributed by atoms with Gasteiger partial charge in [-0.1, -0.05) is 20.8 Å². The molecule has 2 aromatic rings. The van der Waals surface area contributed by atoms with Crippen molar-refractivity contribution in [1.82, 2.24) is 25.0 Å². The highest BCUT2D eigenvalue weighted by atomic mass is 19.4. The van der Waals surface area contributed by atoms with Gasteiger partial charge in [0.05, 0.1) is 11.1 Å². The molecule has 208 valence electrons. The third kappa shape index (κ3) is 7.04. The number of nitrogens with zero attached hydrogens (tertiary/aromatic N) is 4. The van der Waals surface area contributed by atoms with Crippen LogP contribution in [0.1, 0.15) is 44.7 Å². The lowest BCUT2D eigenvalue weighted by Gasteiger charge is -2.46. The number of hydrogen-bond acceptors (Lipinski definition) is 4. The molecule has 0 aliphatic carbocycles. The number of carbonyl (C=O) groups excluding carboxylic acids is 1. The SMILES string of the molecule is CC(C)(C)C1C(CNC(=O)C=Cn2cnc(-c3cc(C(F)(F)F)cc(C(F)(F)F)c3)n2)CCCN1C(=O)O. The van der Waals surface area contributed by atoms with E-state index in [4.69, 9.17) is 0 Å². The van der Waals surface area contributed by atoms with Gasteiger partial charge in [0.25, 0.3) is 0 Å². The number of nitrogens with one attached hydrogen (secondary N) is 1. The molecule has 1 saturated heterocycles. The lowest BCUT2D eigenvalue weighted by atomic mass is 9.74. The van der Waals surface area contributed by atoms with Crippen LogP contribution in [0.15, 0.2) is 30.6 Å². The molecule has 8 nitrogen and oxygen atoms in total. The highest BCUT2D eigenvalue weighted by Crippen LogP contribution is 2.38. The highest BCUT2D eigenvalue weighted by molar-refractivity contribution is 5.90. The van der Waals surface area contributed by atoms with Crippen molar-refractivity contribution in [3.63, 3.8) is 0 Å². The second-order valence-corrected chi connectivity index (χ2v) is 10.1. The number of hydrogen-bond donors (Lipinski definition) is 2. The summed E-state index contributed by atoms with van der Waals surface area (Å²) in [4.78, 5) is 29.2. The zero-order chi connectivity index (χ0) is 28.5. The number of benzene rings is 1. The van der Waals surface area contributed by atoms with Gasteiger partial charge in [-0.15, -0.1) is 5.10 Å². The Hall–Kier alpha value is -3.58. The molecular formula is C24H27F6N5O3. The van der Waals surface area contributed by atoms with E-state index in [0.29, 0.717) is 25.1 Å². The third-order valence-corrected chi connectivity index (χ3v) is 6.16. The summed E-state index contributed by atoms with van der Waals surface area (Å²) in [6.07, 6.45) is -6.41. The average Bonchev–Trinajstić information content (AvgIpc) is 3.28. The maximum absolute atomic E-state index is 13.1. The molecule has 1 fully saturated rings. The number of carboxylic acid groups (broad SMARTS) is 1. The minimum Gasteiger partial charge on any atom is -0.465 e. The molecule has 0 spiro atoms. The van der Waals surface area contributed by atoms with Crippen molar-refractivity contribution >= 4 is 18.2 Å². The summed E-state index contributed by atoms with van der Waals surface area (Å²) in [6, 6.07) is 0.727. The molecule has 1 aromatic carbocycles. The first kappa shape index (κ1) is 29.0. The van der Waals surface area contributed by atoms with Crippen LogP contribution in [-0.2, 0) is 17.1 Å². The van der Waals surface area contributed by atoms with Crippen molar-refractivity contribution in [2.45, 2.75) is 52.0 Å². The van der Waals surface area contributed by atoms with E-state index in [1.807, 2.05) is 20.8 Å². The van der Waals surface area contributed by atoms with E-state index in [9.17, 15) is 41.0 Å². The molecule has 2 unspecified atom stereocenters. The van der Waals surface area contributed by atoms with Crippen molar-refractivity contribution in [2.24, 2.45) is 11.3 Å². The van der Waals surface area contributed by atoms with Gasteiger partial charge in [0.15, 0.2) is 5.82 Å². The fourth-order valence-corrected chi connectivity index (χ4v) is 4.68. The Morgan fingerprint density at radius 3 is 2.21 bits per heavy atom. The second kappa shape index (κ2) is 10.7. The predicted molar refractivity (Wildman–Crippen MR) is 124 cm³/mol. The van der Waals surface area contributed by atoms with Crippen molar-refractivity contribution < 1.29 is 41.0 Å². The fourth-order valence-electron chi connectivity index (χ4n) is 4.68. The van der Waals surface area contributed by atoms with E-state index in [1.165, 1.54) is 4.90 Å². The molecule has 2 heterocycles. The zero-order valence-corrected chi connectivity index (χ0v) is 20.8. The Labute approximate surface area is 214 Å². The first-order chi connectivity index (χ1) is 17.5. The molecule has 0 radical (unpaired) electrons. The Kier molecular flexibility index (Phi) is 8.13. The Morgan fingerprint density at radius 1 is 1.08 bits per heavy atom. The topological polar surface area (TPSA) is 100 Å². The summed E-state index contributed by atoms with van der Waals surface area (Å²) in [5.74, 6) is -1.06. The van der Waals surface area contributed by atoms with Gasteiger partial charge in [0.1, 0.15) is 6.33 Å². The fraction of sp³-hybridized carbons (Fsp3) is 0.500. The smallest absolute Gasteiger partial charge is 0.416 e. The summed E-state index contributed by atoms with van der Waals surface area (Å²) in [5.41, 5.74) is -3.84. The largest absolute Gasteiger partial charge is 0.465 e. The van der Waals surface area contributed by atoms with E-state index in [0.717, 1.165) is 29.7 Å². The quantitative estimate of drug-likeness (QED) is 0.387. The number of alkyl halides is 6. The summed E-state index contributed by atoms with van der Waals surface area (Å²) in [7, 11) is 0. The van der Waals surface area contributed by atoms with E-state index in [-0.39, 0.29) is 30.0 Å².